The Morgan fingerprint density at radius 2 is 1.90 bits per heavy atom. The predicted molar refractivity (Wildman–Crippen MR) is 78.1 cm³/mol. The molecule has 0 saturated carbocycles. The minimum Gasteiger partial charge on any atom is -0.399 e. The summed E-state index contributed by atoms with van der Waals surface area (Å²) in [6.07, 6.45) is 0.659. The van der Waals surface area contributed by atoms with Crippen LogP contribution in [0.15, 0.2) is 53.1 Å². The molecule has 0 aliphatic rings. The molecule has 0 bridgehead atoms. The van der Waals surface area contributed by atoms with Crippen molar-refractivity contribution in [2.24, 2.45) is 0 Å². The second kappa shape index (κ2) is 5.17. The van der Waals surface area contributed by atoms with Crippen LogP contribution in [0.1, 0.15) is 17.0 Å². The number of hydrogen-bond acceptors (Lipinski definition) is 4. The van der Waals surface area contributed by atoms with Crippen LogP contribution in [0.25, 0.3) is 11.5 Å². The van der Waals surface area contributed by atoms with E-state index in [1.807, 2.05) is 24.3 Å². The summed E-state index contributed by atoms with van der Waals surface area (Å²) in [6.45, 7) is 2.07. The highest BCUT2D eigenvalue weighted by atomic mass is 16.5. The lowest BCUT2D eigenvalue weighted by molar-refractivity contribution is 0.424. The Morgan fingerprint density at radius 1 is 1.10 bits per heavy atom. The predicted octanol–water partition coefficient (Wildman–Crippen LogP) is 3.22. The second-order valence-corrected chi connectivity index (χ2v) is 4.80. The van der Waals surface area contributed by atoms with Gasteiger partial charge in [-0.3, -0.25) is 0 Å². The van der Waals surface area contributed by atoms with Crippen molar-refractivity contribution in [2.75, 3.05) is 5.73 Å². The molecule has 0 saturated heterocycles. The Morgan fingerprint density at radius 3 is 2.65 bits per heavy atom. The highest BCUT2D eigenvalue weighted by Gasteiger charge is 2.09. The van der Waals surface area contributed by atoms with E-state index in [4.69, 9.17) is 10.3 Å². The third-order valence-electron chi connectivity index (χ3n) is 3.08. The number of benzene rings is 2. The molecule has 2 N–H and O–H groups in total. The third kappa shape index (κ3) is 2.69. The van der Waals surface area contributed by atoms with Crippen LogP contribution in [0.4, 0.5) is 5.69 Å². The van der Waals surface area contributed by atoms with Gasteiger partial charge in [-0.1, -0.05) is 41.1 Å². The highest BCUT2D eigenvalue weighted by Crippen LogP contribution is 2.20. The molecular weight excluding hydrogens is 250 g/mol. The Bertz CT molecular complexity index is 717. The second-order valence-electron chi connectivity index (χ2n) is 4.80. The summed E-state index contributed by atoms with van der Waals surface area (Å²) in [5, 5.41) is 4.01. The summed E-state index contributed by atoms with van der Waals surface area (Å²) in [7, 11) is 0. The van der Waals surface area contributed by atoms with Crippen LogP contribution in [-0.4, -0.2) is 10.1 Å². The molecule has 3 rings (SSSR count). The first-order chi connectivity index (χ1) is 9.70. The van der Waals surface area contributed by atoms with Gasteiger partial charge in [-0.05, 0) is 30.7 Å². The van der Waals surface area contributed by atoms with Crippen LogP contribution < -0.4 is 5.73 Å². The van der Waals surface area contributed by atoms with Crippen molar-refractivity contribution >= 4 is 5.69 Å². The van der Waals surface area contributed by atoms with E-state index in [1.54, 1.807) is 0 Å². The van der Waals surface area contributed by atoms with Gasteiger partial charge < -0.3 is 10.3 Å². The number of rotatable bonds is 3. The zero-order valence-corrected chi connectivity index (χ0v) is 11.2. The Labute approximate surface area is 117 Å². The molecule has 3 aromatic rings. The molecule has 0 aliphatic carbocycles. The number of nitrogens with zero attached hydrogens (tertiary/aromatic N) is 2. The SMILES string of the molecule is Cc1ccc(Cc2noc(-c3cccc(N)c3)n2)cc1. The maximum atomic E-state index is 5.75. The average molecular weight is 265 g/mol. The van der Waals surface area contributed by atoms with Crippen molar-refractivity contribution in [1.29, 1.82) is 0 Å². The van der Waals surface area contributed by atoms with E-state index in [-0.39, 0.29) is 0 Å². The quantitative estimate of drug-likeness (QED) is 0.738. The number of aryl methyl sites for hydroxylation is 1. The monoisotopic (exact) mass is 265 g/mol. The van der Waals surface area contributed by atoms with Gasteiger partial charge in [0, 0.05) is 17.7 Å². The number of nitrogens with two attached hydrogens (primary N) is 1. The minimum atomic E-state index is 0.499. The van der Waals surface area contributed by atoms with Crippen LogP contribution in [0.2, 0.25) is 0 Å². The molecule has 4 nitrogen and oxygen atoms in total. The van der Waals surface area contributed by atoms with Crippen LogP contribution in [0.3, 0.4) is 0 Å². The Balaban J connectivity index is 1.82. The van der Waals surface area contributed by atoms with Crippen molar-refractivity contribution in [3.63, 3.8) is 0 Å². The van der Waals surface area contributed by atoms with E-state index in [1.165, 1.54) is 5.56 Å². The van der Waals surface area contributed by atoms with E-state index < -0.39 is 0 Å². The topological polar surface area (TPSA) is 64.9 Å². The van der Waals surface area contributed by atoms with Gasteiger partial charge in [0.25, 0.3) is 5.89 Å². The highest BCUT2D eigenvalue weighted by molar-refractivity contribution is 5.59. The first-order valence-electron chi connectivity index (χ1n) is 6.45. The standard InChI is InChI=1S/C16H15N3O/c1-11-5-7-12(8-6-11)9-15-18-16(20-19-15)13-3-2-4-14(17)10-13/h2-8,10H,9,17H2,1H3. The third-order valence-corrected chi connectivity index (χ3v) is 3.08. The van der Waals surface area contributed by atoms with Gasteiger partial charge in [0.15, 0.2) is 5.82 Å². The zero-order chi connectivity index (χ0) is 13.9. The maximum Gasteiger partial charge on any atom is 0.258 e. The Hall–Kier alpha value is -2.62. The van der Waals surface area contributed by atoms with Gasteiger partial charge in [0.2, 0.25) is 0 Å². The lowest BCUT2D eigenvalue weighted by atomic mass is 10.1. The van der Waals surface area contributed by atoms with Gasteiger partial charge >= 0.3 is 0 Å². The summed E-state index contributed by atoms with van der Waals surface area (Å²) < 4.78 is 5.28. The van der Waals surface area contributed by atoms with Crippen LogP contribution >= 0.6 is 0 Å². The molecule has 0 unspecified atom stereocenters. The fraction of sp³-hybridized carbons (Fsp3) is 0.125. The number of hydrogen-bond donors (Lipinski definition) is 1. The molecule has 1 heterocycles. The lowest BCUT2D eigenvalue weighted by Crippen LogP contribution is -1.91. The van der Waals surface area contributed by atoms with E-state index in [9.17, 15) is 0 Å². The first kappa shape index (κ1) is 12.4. The molecule has 20 heavy (non-hydrogen) atoms. The maximum absolute atomic E-state index is 5.75. The number of aromatic nitrogens is 2. The normalized spacial score (nSPS) is 10.7. The van der Waals surface area contributed by atoms with Crippen molar-refractivity contribution in [1.82, 2.24) is 10.1 Å². The fourth-order valence-electron chi connectivity index (χ4n) is 2.00. The molecule has 0 amide bonds. The fourth-order valence-corrected chi connectivity index (χ4v) is 2.00. The van der Waals surface area contributed by atoms with Gasteiger partial charge in [-0.15, -0.1) is 0 Å². The summed E-state index contributed by atoms with van der Waals surface area (Å²) in [5.41, 5.74) is 9.67. The molecule has 0 aliphatic heterocycles. The van der Waals surface area contributed by atoms with E-state index in [0.29, 0.717) is 23.8 Å². The van der Waals surface area contributed by atoms with Crippen molar-refractivity contribution in [3.05, 3.63) is 65.5 Å². The van der Waals surface area contributed by atoms with Gasteiger partial charge in [-0.2, -0.15) is 4.98 Å². The zero-order valence-electron chi connectivity index (χ0n) is 11.2. The first-order valence-corrected chi connectivity index (χ1v) is 6.45. The van der Waals surface area contributed by atoms with Crippen molar-refractivity contribution < 1.29 is 4.52 Å². The van der Waals surface area contributed by atoms with Gasteiger partial charge in [0.05, 0.1) is 0 Å². The molecule has 0 radical (unpaired) electrons. The minimum absolute atomic E-state index is 0.499. The van der Waals surface area contributed by atoms with E-state index in [0.717, 1.165) is 11.1 Å². The number of nitrogen functional groups attached to an aromatic ring is 1. The summed E-state index contributed by atoms with van der Waals surface area (Å²) >= 11 is 0. The van der Waals surface area contributed by atoms with Crippen LogP contribution in [0.5, 0.6) is 0 Å². The molecular formula is C16H15N3O. The largest absolute Gasteiger partial charge is 0.399 e. The van der Waals surface area contributed by atoms with Gasteiger partial charge in [0.1, 0.15) is 0 Å². The molecule has 4 heteroatoms. The molecule has 0 fully saturated rings. The Kier molecular flexibility index (Phi) is 3.21. The summed E-state index contributed by atoms with van der Waals surface area (Å²) in [4.78, 5) is 4.41. The molecule has 1 aromatic heterocycles. The smallest absolute Gasteiger partial charge is 0.258 e. The average Bonchev–Trinajstić information content (AvgIpc) is 2.90. The molecule has 100 valence electrons. The van der Waals surface area contributed by atoms with E-state index >= 15 is 0 Å². The number of anilines is 1. The van der Waals surface area contributed by atoms with Crippen LogP contribution in [0, 0.1) is 6.92 Å². The van der Waals surface area contributed by atoms with Crippen molar-refractivity contribution in [3.8, 4) is 11.5 Å². The van der Waals surface area contributed by atoms with Crippen LogP contribution in [-0.2, 0) is 6.42 Å². The van der Waals surface area contributed by atoms with E-state index in [2.05, 4.69) is 41.3 Å². The lowest BCUT2D eigenvalue weighted by Gasteiger charge is -1.97. The van der Waals surface area contributed by atoms with Crippen molar-refractivity contribution in [2.45, 2.75) is 13.3 Å². The molecule has 0 spiro atoms. The summed E-state index contributed by atoms with van der Waals surface area (Å²) in [5.74, 6) is 1.17. The molecule has 0 atom stereocenters. The summed E-state index contributed by atoms with van der Waals surface area (Å²) in [6, 6.07) is 15.7. The molecule has 2 aromatic carbocycles. The van der Waals surface area contributed by atoms with Gasteiger partial charge in [-0.25, -0.2) is 0 Å².